The topological polar surface area (TPSA) is 108 Å². The Morgan fingerprint density at radius 2 is 1.76 bits per heavy atom. The quantitative estimate of drug-likeness (QED) is 0.567. The molecule has 0 radical (unpaired) electrons. The van der Waals surface area contributed by atoms with Gasteiger partial charge in [0, 0.05) is 13.1 Å². The molecule has 7 rings (SSSR count). The zero-order chi connectivity index (χ0) is 25.6. The summed E-state index contributed by atoms with van der Waals surface area (Å²) in [6.45, 7) is 1.09. The molecule has 2 heterocycles. The first-order valence-corrected chi connectivity index (χ1v) is 13.7. The summed E-state index contributed by atoms with van der Waals surface area (Å²) in [5, 5.41) is 0. The van der Waals surface area contributed by atoms with E-state index in [1.165, 1.54) is 12.7 Å². The van der Waals surface area contributed by atoms with Gasteiger partial charge >= 0.3 is 5.97 Å². The predicted octanol–water partition coefficient (Wildman–Crippen LogP) is 3.15. The molecule has 37 heavy (non-hydrogen) atoms. The summed E-state index contributed by atoms with van der Waals surface area (Å²) in [4.78, 5) is 41.3. The first-order valence-electron chi connectivity index (χ1n) is 13.7. The third-order valence-corrected chi connectivity index (χ3v) is 9.51. The van der Waals surface area contributed by atoms with E-state index in [4.69, 9.17) is 19.9 Å². The molecule has 5 fully saturated rings. The molecular formula is C29H36N2O6. The third-order valence-electron chi connectivity index (χ3n) is 9.51. The van der Waals surface area contributed by atoms with Crippen molar-refractivity contribution in [2.24, 2.45) is 40.7 Å². The molecule has 4 atom stereocenters. The number of amides is 2. The maximum Gasteiger partial charge on any atom is 0.309 e. The minimum atomic E-state index is -0.692. The average molecular weight is 509 g/mol. The molecule has 8 heteroatoms. The van der Waals surface area contributed by atoms with E-state index in [1.54, 1.807) is 0 Å². The van der Waals surface area contributed by atoms with Gasteiger partial charge in [0.2, 0.25) is 18.6 Å². The SMILES string of the molecule is NC(=O)C12CC3CC(CC(C3)C1OC(=O)C1CCN(C(=O)C(Cc3ccccc3)C3=COCO3)CC1)C2. The monoisotopic (exact) mass is 508 g/mol. The van der Waals surface area contributed by atoms with Gasteiger partial charge in [0.05, 0.1) is 11.3 Å². The molecule has 2 aliphatic heterocycles. The maximum absolute atomic E-state index is 13.5. The van der Waals surface area contributed by atoms with Gasteiger partial charge in [0.1, 0.15) is 24.0 Å². The van der Waals surface area contributed by atoms with Crippen LogP contribution in [-0.2, 0) is 35.0 Å². The zero-order valence-electron chi connectivity index (χ0n) is 21.2. The number of nitrogens with zero attached hydrogens (tertiary/aromatic N) is 1. The molecule has 0 spiro atoms. The van der Waals surface area contributed by atoms with Crippen LogP contribution in [0, 0.1) is 35.0 Å². The van der Waals surface area contributed by atoms with Crippen LogP contribution in [0.5, 0.6) is 0 Å². The van der Waals surface area contributed by atoms with E-state index in [-0.39, 0.29) is 36.4 Å². The standard InChI is InChI=1S/C29H36N2O6/c30-28(34)29-14-19-10-20(15-29)12-22(11-19)25(29)37-27(33)21-6-8-31(9-7-21)26(32)23(24-16-35-17-36-24)13-18-4-2-1-3-5-18/h1-5,16,19-23,25H,6-15,17H2,(H2,30,34). The molecule has 1 saturated heterocycles. The van der Waals surface area contributed by atoms with Gasteiger partial charge in [-0.1, -0.05) is 30.3 Å². The molecule has 4 unspecified atom stereocenters. The number of carbonyl (C=O) groups is 3. The molecule has 4 saturated carbocycles. The second-order valence-corrected chi connectivity index (χ2v) is 11.8. The van der Waals surface area contributed by atoms with Crippen LogP contribution >= 0.6 is 0 Å². The lowest BCUT2D eigenvalue weighted by Crippen LogP contribution is -2.62. The van der Waals surface area contributed by atoms with Gasteiger partial charge in [0.15, 0.2) is 0 Å². The van der Waals surface area contributed by atoms with Crippen LogP contribution in [0.15, 0.2) is 42.4 Å². The van der Waals surface area contributed by atoms with Gasteiger partial charge in [-0.05, 0) is 74.7 Å². The molecule has 6 aliphatic rings. The number of esters is 1. The van der Waals surface area contributed by atoms with Crippen LogP contribution in [0.4, 0.5) is 0 Å². The van der Waals surface area contributed by atoms with Crippen LogP contribution in [0.2, 0.25) is 0 Å². The number of nitrogens with two attached hydrogens (primary N) is 1. The summed E-state index contributed by atoms with van der Waals surface area (Å²) in [7, 11) is 0. The van der Waals surface area contributed by atoms with Crippen LogP contribution in [0.3, 0.4) is 0 Å². The van der Waals surface area contributed by atoms with Crippen molar-refractivity contribution in [3.63, 3.8) is 0 Å². The van der Waals surface area contributed by atoms with Crippen molar-refractivity contribution in [2.45, 2.75) is 57.5 Å². The van der Waals surface area contributed by atoms with Gasteiger partial charge in [-0.3, -0.25) is 14.4 Å². The Morgan fingerprint density at radius 1 is 1.05 bits per heavy atom. The number of hydrogen-bond acceptors (Lipinski definition) is 6. The van der Waals surface area contributed by atoms with Crippen LogP contribution < -0.4 is 5.73 Å². The molecule has 4 bridgehead atoms. The lowest BCUT2D eigenvalue weighted by atomic mass is 9.48. The van der Waals surface area contributed by atoms with Crippen molar-refractivity contribution < 1.29 is 28.6 Å². The van der Waals surface area contributed by atoms with Crippen molar-refractivity contribution in [1.82, 2.24) is 4.90 Å². The molecule has 4 aliphatic carbocycles. The highest BCUT2D eigenvalue weighted by atomic mass is 16.7. The van der Waals surface area contributed by atoms with E-state index < -0.39 is 17.4 Å². The second-order valence-electron chi connectivity index (χ2n) is 11.8. The molecule has 0 aromatic heterocycles. The van der Waals surface area contributed by atoms with Gasteiger partial charge in [-0.2, -0.15) is 0 Å². The minimum Gasteiger partial charge on any atom is -0.462 e. The summed E-state index contributed by atoms with van der Waals surface area (Å²) in [5.41, 5.74) is 6.28. The fraction of sp³-hybridized carbons (Fsp3) is 0.621. The van der Waals surface area contributed by atoms with Gasteiger partial charge in [0.25, 0.3) is 0 Å². The summed E-state index contributed by atoms with van der Waals surface area (Å²) in [6, 6.07) is 9.87. The number of rotatable bonds is 7. The first-order chi connectivity index (χ1) is 17.9. The van der Waals surface area contributed by atoms with E-state index in [9.17, 15) is 14.4 Å². The summed E-state index contributed by atoms with van der Waals surface area (Å²) in [5.74, 6) is 0.564. The Kier molecular flexibility index (Phi) is 6.37. The predicted molar refractivity (Wildman–Crippen MR) is 133 cm³/mol. The van der Waals surface area contributed by atoms with Crippen LogP contribution in [-0.4, -0.2) is 48.7 Å². The van der Waals surface area contributed by atoms with Gasteiger partial charge in [-0.25, -0.2) is 0 Å². The Bertz CT molecular complexity index is 1070. The van der Waals surface area contributed by atoms with Crippen molar-refractivity contribution in [1.29, 1.82) is 0 Å². The molecule has 198 valence electrons. The third kappa shape index (κ3) is 4.48. The minimum absolute atomic E-state index is 0.0128. The molecule has 8 nitrogen and oxygen atoms in total. The molecule has 1 aromatic rings. The smallest absolute Gasteiger partial charge is 0.309 e. The summed E-state index contributed by atoms with van der Waals surface area (Å²) >= 11 is 0. The first kappa shape index (κ1) is 24.3. The highest BCUT2D eigenvalue weighted by Crippen LogP contribution is 2.61. The summed E-state index contributed by atoms with van der Waals surface area (Å²) in [6.07, 6.45) is 7.50. The lowest BCUT2D eigenvalue weighted by Gasteiger charge is -2.58. The molecule has 1 aromatic carbocycles. The van der Waals surface area contributed by atoms with Crippen LogP contribution in [0.1, 0.15) is 50.5 Å². The van der Waals surface area contributed by atoms with E-state index in [0.29, 0.717) is 49.9 Å². The van der Waals surface area contributed by atoms with Crippen molar-refractivity contribution in [3.05, 3.63) is 47.9 Å². The van der Waals surface area contributed by atoms with Crippen LogP contribution in [0.25, 0.3) is 0 Å². The Balaban J connectivity index is 1.09. The molecule has 2 N–H and O–H groups in total. The number of ether oxygens (including phenoxy) is 3. The highest BCUT2D eigenvalue weighted by Gasteiger charge is 2.62. The Morgan fingerprint density at radius 3 is 2.38 bits per heavy atom. The summed E-state index contributed by atoms with van der Waals surface area (Å²) < 4.78 is 17.0. The highest BCUT2D eigenvalue weighted by molar-refractivity contribution is 5.84. The van der Waals surface area contributed by atoms with Crippen molar-refractivity contribution >= 4 is 17.8 Å². The van der Waals surface area contributed by atoms with E-state index >= 15 is 0 Å². The fourth-order valence-corrected chi connectivity index (χ4v) is 7.92. The fourth-order valence-electron chi connectivity index (χ4n) is 7.92. The van der Waals surface area contributed by atoms with Gasteiger partial charge < -0.3 is 24.8 Å². The molecule has 2 amide bonds. The number of primary amides is 1. The van der Waals surface area contributed by atoms with Crippen molar-refractivity contribution in [2.75, 3.05) is 19.9 Å². The number of piperidine rings is 1. The zero-order valence-corrected chi connectivity index (χ0v) is 21.2. The van der Waals surface area contributed by atoms with E-state index in [1.807, 2.05) is 35.2 Å². The number of benzene rings is 1. The maximum atomic E-state index is 13.5. The van der Waals surface area contributed by atoms with Gasteiger partial charge in [-0.15, -0.1) is 0 Å². The lowest BCUT2D eigenvalue weighted by molar-refractivity contribution is -0.199. The average Bonchev–Trinajstić information content (AvgIpc) is 3.44. The number of likely N-dealkylation sites (tertiary alicyclic amines) is 1. The normalized spacial score (nSPS) is 33.3. The number of carbonyl (C=O) groups excluding carboxylic acids is 3. The van der Waals surface area contributed by atoms with E-state index in [0.717, 1.165) is 31.2 Å². The molecular weight excluding hydrogens is 472 g/mol. The second kappa shape index (κ2) is 9.69. The number of hydrogen-bond donors (Lipinski definition) is 1. The largest absolute Gasteiger partial charge is 0.462 e. The van der Waals surface area contributed by atoms with Crippen molar-refractivity contribution in [3.8, 4) is 0 Å². The Labute approximate surface area is 217 Å². The Hall–Kier alpha value is -3.03. The van der Waals surface area contributed by atoms with E-state index in [2.05, 4.69) is 0 Å².